The maximum atomic E-state index is 11.1. The SMILES string of the molecule is [N-]=[N+]=Nc1ccc(-c2nn(CCC(=O)O)cc2C=O)cc1. The lowest BCUT2D eigenvalue weighted by atomic mass is 10.1. The van der Waals surface area contributed by atoms with Gasteiger partial charge < -0.3 is 5.11 Å². The summed E-state index contributed by atoms with van der Waals surface area (Å²) in [4.78, 5) is 24.3. The summed E-state index contributed by atoms with van der Waals surface area (Å²) in [6.07, 6.45) is 2.10. The zero-order valence-electron chi connectivity index (χ0n) is 10.9. The van der Waals surface area contributed by atoms with Crippen LogP contribution in [0.3, 0.4) is 0 Å². The van der Waals surface area contributed by atoms with Gasteiger partial charge in [0, 0.05) is 22.4 Å². The number of aldehydes is 1. The van der Waals surface area contributed by atoms with Crippen LogP contribution in [-0.4, -0.2) is 27.1 Å². The molecule has 8 nitrogen and oxygen atoms in total. The molecule has 21 heavy (non-hydrogen) atoms. The number of benzene rings is 1. The van der Waals surface area contributed by atoms with Gasteiger partial charge in [-0.25, -0.2) is 0 Å². The van der Waals surface area contributed by atoms with Gasteiger partial charge in [-0.15, -0.1) is 0 Å². The van der Waals surface area contributed by atoms with Crippen LogP contribution >= 0.6 is 0 Å². The highest BCUT2D eigenvalue weighted by Gasteiger charge is 2.11. The van der Waals surface area contributed by atoms with Crippen molar-refractivity contribution >= 4 is 17.9 Å². The predicted octanol–water partition coefficient (Wildman–Crippen LogP) is 2.78. The van der Waals surface area contributed by atoms with Crippen molar-refractivity contribution < 1.29 is 14.7 Å². The first-order valence-corrected chi connectivity index (χ1v) is 6.04. The van der Waals surface area contributed by atoms with E-state index >= 15 is 0 Å². The summed E-state index contributed by atoms with van der Waals surface area (Å²) in [5.74, 6) is -0.932. The summed E-state index contributed by atoms with van der Waals surface area (Å²) >= 11 is 0. The number of nitrogens with zero attached hydrogens (tertiary/aromatic N) is 5. The van der Waals surface area contributed by atoms with Crippen LogP contribution in [0.5, 0.6) is 0 Å². The highest BCUT2D eigenvalue weighted by atomic mass is 16.4. The number of carboxylic acid groups (broad SMARTS) is 1. The van der Waals surface area contributed by atoms with Crippen molar-refractivity contribution in [3.05, 3.63) is 46.5 Å². The standard InChI is InChI=1S/C13H11N5O3/c14-17-15-11-3-1-9(2-4-11)13-10(8-19)7-18(16-13)6-5-12(20)21/h1-4,7-8H,5-6H2,(H,20,21). The summed E-state index contributed by atoms with van der Waals surface area (Å²) in [6.45, 7) is 0.187. The number of aromatic nitrogens is 2. The number of hydrogen-bond acceptors (Lipinski definition) is 4. The zero-order valence-corrected chi connectivity index (χ0v) is 10.9. The Kier molecular flexibility index (Phi) is 4.33. The van der Waals surface area contributed by atoms with Crippen LogP contribution in [0.15, 0.2) is 35.6 Å². The smallest absolute Gasteiger partial charge is 0.305 e. The van der Waals surface area contributed by atoms with E-state index in [4.69, 9.17) is 10.6 Å². The normalized spacial score (nSPS) is 9.90. The predicted molar refractivity (Wildman–Crippen MR) is 74.1 cm³/mol. The molecule has 2 aromatic rings. The third-order valence-electron chi connectivity index (χ3n) is 2.77. The zero-order chi connectivity index (χ0) is 15.2. The quantitative estimate of drug-likeness (QED) is 0.379. The van der Waals surface area contributed by atoms with Crippen molar-refractivity contribution in [1.82, 2.24) is 9.78 Å². The van der Waals surface area contributed by atoms with Crippen LogP contribution in [0.2, 0.25) is 0 Å². The highest BCUT2D eigenvalue weighted by molar-refractivity contribution is 5.85. The molecular formula is C13H11N5O3. The number of aryl methyl sites for hydroxylation is 1. The Balaban J connectivity index is 2.31. The molecule has 1 aromatic heterocycles. The molecule has 1 aromatic carbocycles. The van der Waals surface area contributed by atoms with Crippen molar-refractivity contribution in [3.8, 4) is 11.3 Å². The Bertz CT molecular complexity index is 714. The van der Waals surface area contributed by atoms with Gasteiger partial charge in [0.15, 0.2) is 6.29 Å². The van der Waals surface area contributed by atoms with Crippen molar-refractivity contribution in [2.24, 2.45) is 5.11 Å². The van der Waals surface area contributed by atoms with Crippen LogP contribution in [-0.2, 0) is 11.3 Å². The lowest BCUT2D eigenvalue weighted by Crippen LogP contribution is -2.04. The molecule has 0 aliphatic rings. The minimum atomic E-state index is -0.932. The van der Waals surface area contributed by atoms with Gasteiger partial charge in [0.1, 0.15) is 5.69 Å². The second kappa shape index (κ2) is 6.36. The molecule has 2 rings (SSSR count). The van der Waals surface area contributed by atoms with Crippen LogP contribution in [0.4, 0.5) is 5.69 Å². The van der Waals surface area contributed by atoms with E-state index in [-0.39, 0.29) is 13.0 Å². The van der Waals surface area contributed by atoms with Crippen LogP contribution in [0.25, 0.3) is 21.7 Å². The fourth-order valence-electron chi connectivity index (χ4n) is 1.81. The van der Waals surface area contributed by atoms with Gasteiger partial charge >= 0.3 is 5.97 Å². The van der Waals surface area contributed by atoms with E-state index in [0.29, 0.717) is 28.8 Å². The lowest BCUT2D eigenvalue weighted by Gasteiger charge is -1.99. The van der Waals surface area contributed by atoms with E-state index in [9.17, 15) is 9.59 Å². The first kappa shape index (κ1) is 14.3. The largest absolute Gasteiger partial charge is 0.481 e. The van der Waals surface area contributed by atoms with E-state index < -0.39 is 5.97 Å². The minimum absolute atomic E-state index is 0.0742. The van der Waals surface area contributed by atoms with Gasteiger partial charge in [0.2, 0.25) is 0 Å². The van der Waals surface area contributed by atoms with Crippen LogP contribution in [0.1, 0.15) is 16.8 Å². The van der Waals surface area contributed by atoms with Crippen LogP contribution in [0, 0.1) is 0 Å². The van der Waals surface area contributed by atoms with E-state index in [0.717, 1.165) is 0 Å². The number of carboxylic acids is 1. The summed E-state index contributed by atoms with van der Waals surface area (Å²) < 4.78 is 1.43. The maximum absolute atomic E-state index is 11.1. The van der Waals surface area contributed by atoms with Crippen molar-refractivity contribution in [3.63, 3.8) is 0 Å². The first-order valence-electron chi connectivity index (χ1n) is 6.04. The Hall–Kier alpha value is -3.12. The molecular weight excluding hydrogens is 274 g/mol. The molecule has 106 valence electrons. The molecule has 8 heteroatoms. The number of carbonyl (C=O) groups is 2. The molecule has 0 radical (unpaired) electrons. The van der Waals surface area contributed by atoms with Crippen LogP contribution < -0.4 is 0 Å². The summed E-state index contributed by atoms with van der Waals surface area (Å²) in [5, 5.41) is 16.3. The number of azide groups is 1. The van der Waals surface area contributed by atoms with E-state index in [1.165, 1.54) is 10.9 Å². The Morgan fingerprint density at radius 3 is 2.71 bits per heavy atom. The molecule has 0 saturated carbocycles. The first-order chi connectivity index (χ1) is 10.1. The molecule has 0 aliphatic heterocycles. The van der Waals surface area contributed by atoms with Gasteiger partial charge in [-0.2, -0.15) is 5.10 Å². The van der Waals surface area contributed by atoms with Crippen molar-refractivity contribution in [2.45, 2.75) is 13.0 Å². The number of aliphatic carboxylic acids is 1. The summed E-state index contributed by atoms with van der Waals surface area (Å²) in [6, 6.07) is 6.58. The Labute approximate surface area is 119 Å². The highest BCUT2D eigenvalue weighted by Crippen LogP contribution is 2.24. The van der Waals surface area contributed by atoms with Crippen molar-refractivity contribution in [2.75, 3.05) is 0 Å². The molecule has 0 aliphatic carbocycles. The van der Waals surface area contributed by atoms with E-state index in [1.807, 2.05) is 0 Å². The van der Waals surface area contributed by atoms with E-state index in [2.05, 4.69) is 15.1 Å². The second-order valence-electron chi connectivity index (χ2n) is 4.19. The second-order valence-corrected chi connectivity index (χ2v) is 4.19. The molecule has 0 spiro atoms. The third kappa shape index (κ3) is 3.46. The third-order valence-corrected chi connectivity index (χ3v) is 2.77. The average Bonchev–Trinajstić information content (AvgIpc) is 2.89. The monoisotopic (exact) mass is 285 g/mol. The van der Waals surface area contributed by atoms with Gasteiger partial charge in [-0.3, -0.25) is 14.3 Å². The Morgan fingerprint density at radius 1 is 1.43 bits per heavy atom. The molecule has 0 saturated heterocycles. The molecule has 0 unspecified atom stereocenters. The van der Waals surface area contributed by atoms with Gasteiger partial charge in [-0.1, -0.05) is 29.4 Å². The minimum Gasteiger partial charge on any atom is -0.481 e. The van der Waals surface area contributed by atoms with Crippen molar-refractivity contribution in [1.29, 1.82) is 0 Å². The summed E-state index contributed by atoms with van der Waals surface area (Å²) in [5.41, 5.74) is 10.3. The fourth-order valence-corrected chi connectivity index (χ4v) is 1.81. The fraction of sp³-hybridized carbons (Fsp3) is 0.154. The summed E-state index contributed by atoms with van der Waals surface area (Å²) in [7, 11) is 0. The molecule has 0 bridgehead atoms. The number of rotatable bonds is 6. The maximum Gasteiger partial charge on any atom is 0.305 e. The topological polar surface area (TPSA) is 121 Å². The van der Waals surface area contributed by atoms with Gasteiger partial charge in [0.05, 0.1) is 18.5 Å². The molecule has 1 N–H and O–H groups in total. The Morgan fingerprint density at radius 2 is 2.14 bits per heavy atom. The molecule has 0 amide bonds. The van der Waals surface area contributed by atoms with Gasteiger partial charge in [0.25, 0.3) is 0 Å². The molecule has 0 atom stereocenters. The number of hydrogen-bond donors (Lipinski definition) is 1. The lowest BCUT2D eigenvalue weighted by molar-refractivity contribution is -0.137. The molecule has 1 heterocycles. The number of carbonyl (C=O) groups excluding carboxylic acids is 1. The van der Waals surface area contributed by atoms with Gasteiger partial charge in [-0.05, 0) is 5.53 Å². The average molecular weight is 285 g/mol. The molecule has 0 fully saturated rings. The van der Waals surface area contributed by atoms with E-state index in [1.54, 1.807) is 24.3 Å².